The van der Waals surface area contributed by atoms with Crippen LogP contribution >= 0.6 is 0 Å². The maximum atomic E-state index is 7.32. The summed E-state index contributed by atoms with van der Waals surface area (Å²) in [6.45, 7) is 18.6. The van der Waals surface area contributed by atoms with Crippen molar-refractivity contribution in [1.82, 2.24) is 19.5 Å². The number of benzene rings is 1. The Balaban J connectivity index is 1.46. The minimum atomic E-state index is -2.73. The van der Waals surface area contributed by atoms with Crippen LogP contribution in [0.1, 0.15) is 73.6 Å². The van der Waals surface area contributed by atoms with Crippen molar-refractivity contribution in [2.24, 2.45) is 0 Å². The number of rotatable bonds is 8. The quantitative estimate of drug-likeness (QED) is 0.301. The highest BCUT2D eigenvalue weighted by atomic mass is 28.5. The maximum absolute atomic E-state index is 7.32. The van der Waals surface area contributed by atoms with E-state index in [0.717, 1.165) is 5.56 Å². The van der Waals surface area contributed by atoms with Crippen molar-refractivity contribution in [3.8, 4) is 5.88 Å². The van der Waals surface area contributed by atoms with Gasteiger partial charge in [-0.15, -0.1) is 0 Å². The molecule has 2 fully saturated rings. The predicted octanol–water partition coefficient (Wildman–Crippen LogP) is 6.23. The van der Waals surface area contributed by atoms with Crippen LogP contribution in [-0.2, 0) is 24.3 Å². The van der Waals surface area contributed by atoms with Gasteiger partial charge in [-0.3, -0.25) is 4.57 Å². The molecule has 5 rings (SSSR count). The highest BCUT2D eigenvalue weighted by Gasteiger charge is 2.60. The molecular weight excluding hydrogens is 555 g/mol. The SMILES string of the molecule is CC(C)[Si]1(C(C)C)OC[C@H]2O[C@@H](n3cnc4c(OCc5ccccc5)nc(N)nc43)C[C@@H]2O[Si](C(C)C)(C(C)C)O1. The highest BCUT2D eigenvalue weighted by molar-refractivity contribution is 6.83. The fraction of sp³-hybridized carbons (Fsp3) is 0.621. The Morgan fingerprint density at radius 1 is 0.927 bits per heavy atom. The van der Waals surface area contributed by atoms with E-state index in [4.69, 9.17) is 28.2 Å². The largest absolute Gasteiger partial charge is 0.471 e. The maximum Gasteiger partial charge on any atom is 0.335 e. The molecule has 0 radical (unpaired) electrons. The number of hydrogen-bond acceptors (Lipinski definition) is 9. The third kappa shape index (κ3) is 5.57. The summed E-state index contributed by atoms with van der Waals surface area (Å²) in [5.74, 6) is 0.470. The van der Waals surface area contributed by atoms with E-state index in [-0.39, 0.29) is 46.5 Å². The van der Waals surface area contributed by atoms with Crippen LogP contribution in [0.25, 0.3) is 11.2 Å². The molecule has 0 saturated carbocycles. The lowest BCUT2D eigenvalue weighted by Gasteiger charge is -2.51. The van der Waals surface area contributed by atoms with E-state index >= 15 is 0 Å². The molecule has 12 heteroatoms. The molecule has 3 aromatic rings. The Hall–Kier alpha value is -2.36. The lowest BCUT2D eigenvalue weighted by Crippen LogP contribution is -2.65. The fourth-order valence-corrected chi connectivity index (χ4v) is 17.5. The normalized spacial score (nSPS) is 24.2. The summed E-state index contributed by atoms with van der Waals surface area (Å²) < 4.78 is 36.0. The summed E-state index contributed by atoms with van der Waals surface area (Å²) in [4.78, 5) is 13.5. The molecule has 2 aromatic heterocycles. The van der Waals surface area contributed by atoms with Crippen LogP contribution in [0.2, 0.25) is 22.2 Å². The van der Waals surface area contributed by atoms with Gasteiger partial charge in [-0.2, -0.15) is 9.97 Å². The third-order valence-electron chi connectivity index (χ3n) is 8.46. The van der Waals surface area contributed by atoms with Gasteiger partial charge in [0.15, 0.2) is 11.2 Å². The second kappa shape index (κ2) is 11.7. The number of nitrogens with two attached hydrogens (primary N) is 1. The number of hydrogen-bond donors (Lipinski definition) is 1. The fourth-order valence-electron chi connectivity index (χ4n) is 6.25. The van der Waals surface area contributed by atoms with E-state index < -0.39 is 17.1 Å². The predicted molar refractivity (Wildman–Crippen MR) is 163 cm³/mol. The van der Waals surface area contributed by atoms with E-state index in [9.17, 15) is 0 Å². The second-order valence-corrected chi connectivity index (χ2v) is 21.3. The molecule has 10 nitrogen and oxygen atoms in total. The number of fused-ring (bicyclic) bond motifs is 2. The lowest BCUT2D eigenvalue weighted by atomic mass is 10.2. The molecule has 0 amide bonds. The first-order valence-corrected chi connectivity index (χ1v) is 18.7. The number of ether oxygens (including phenoxy) is 2. The second-order valence-electron chi connectivity index (χ2n) is 12.5. The van der Waals surface area contributed by atoms with Crippen molar-refractivity contribution in [2.45, 2.75) is 109 Å². The van der Waals surface area contributed by atoms with Crippen LogP contribution in [0, 0.1) is 0 Å². The van der Waals surface area contributed by atoms with Gasteiger partial charge in [-0.1, -0.05) is 85.7 Å². The van der Waals surface area contributed by atoms with Crippen LogP contribution in [0.15, 0.2) is 36.7 Å². The van der Waals surface area contributed by atoms with E-state index in [1.165, 1.54) is 0 Å². The van der Waals surface area contributed by atoms with Crippen LogP contribution in [-0.4, -0.2) is 55.5 Å². The Kier molecular flexibility index (Phi) is 8.62. The molecule has 0 bridgehead atoms. The molecule has 224 valence electrons. The number of nitrogen functional groups attached to an aromatic ring is 1. The molecule has 2 aliphatic rings. The summed E-state index contributed by atoms with van der Waals surface area (Å²) in [6, 6.07) is 9.91. The molecule has 0 spiro atoms. The van der Waals surface area contributed by atoms with Gasteiger partial charge < -0.3 is 28.2 Å². The summed E-state index contributed by atoms with van der Waals surface area (Å²) >= 11 is 0. The van der Waals surface area contributed by atoms with Crippen molar-refractivity contribution >= 4 is 34.2 Å². The Morgan fingerprint density at radius 3 is 2.22 bits per heavy atom. The number of imidazole rings is 1. The zero-order valence-corrected chi connectivity index (χ0v) is 27.5. The van der Waals surface area contributed by atoms with Crippen LogP contribution in [0.5, 0.6) is 5.88 Å². The van der Waals surface area contributed by atoms with E-state index in [0.29, 0.717) is 36.7 Å². The van der Waals surface area contributed by atoms with Crippen molar-refractivity contribution in [3.05, 3.63) is 42.2 Å². The zero-order valence-electron chi connectivity index (χ0n) is 25.5. The standard InChI is InChI=1S/C29H45N5O5Si2/c1-18(2)40(19(3)4)36-16-24-23(38-41(39-40,20(5)6)21(7)8)14-25(37-24)34-17-31-26-27(34)32-29(30)33-28(26)35-15-22-12-10-9-11-13-22/h9-13,17-21,23-25H,14-16H2,1-8H3,(H2,30,32,33)/t23-,24+,25+/m0/s1. The first kappa shape index (κ1) is 30.1. The minimum Gasteiger partial charge on any atom is -0.471 e. The summed E-state index contributed by atoms with van der Waals surface area (Å²) in [5.41, 5.74) is 9.32. The molecular formula is C29H45N5O5Si2. The monoisotopic (exact) mass is 599 g/mol. The topological polar surface area (TPSA) is 116 Å². The average molecular weight is 600 g/mol. The number of nitrogens with zero attached hydrogens (tertiary/aromatic N) is 4. The number of aromatic nitrogens is 4. The summed E-state index contributed by atoms with van der Waals surface area (Å²) in [5, 5.41) is 0. The molecule has 2 aliphatic heterocycles. The molecule has 0 unspecified atom stereocenters. The molecule has 1 aromatic carbocycles. The Morgan fingerprint density at radius 2 is 1.59 bits per heavy atom. The van der Waals surface area contributed by atoms with Gasteiger partial charge in [-0.05, 0) is 27.7 Å². The zero-order chi connectivity index (χ0) is 29.5. The van der Waals surface area contributed by atoms with Crippen molar-refractivity contribution in [1.29, 1.82) is 0 Å². The first-order valence-electron chi connectivity index (χ1n) is 14.8. The smallest absolute Gasteiger partial charge is 0.335 e. The molecule has 0 aliphatic carbocycles. The third-order valence-corrected chi connectivity index (χ3v) is 18.7. The van der Waals surface area contributed by atoms with Gasteiger partial charge in [0.05, 0.1) is 19.0 Å². The number of anilines is 1. The van der Waals surface area contributed by atoms with Gasteiger partial charge in [0.2, 0.25) is 11.8 Å². The van der Waals surface area contributed by atoms with Crippen molar-refractivity contribution in [3.63, 3.8) is 0 Å². The summed E-state index contributed by atoms with van der Waals surface area (Å²) in [6.07, 6.45) is 1.59. The van der Waals surface area contributed by atoms with Crippen LogP contribution < -0.4 is 10.5 Å². The van der Waals surface area contributed by atoms with Crippen LogP contribution in [0.3, 0.4) is 0 Å². The molecule has 2 saturated heterocycles. The van der Waals surface area contributed by atoms with Gasteiger partial charge in [-0.25, -0.2) is 4.98 Å². The molecule has 4 heterocycles. The minimum absolute atomic E-state index is 0.120. The molecule has 41 heavy (non-hydrogen) atoms. The van der Waals surface area contributed by atoms with E-state index in [1.54, 1.807) is 6.33 Å². The summed E-state index contributed by atoms with van der Waals surface area (Å²) in [7, 11) is -5.37. The van der Waals surface area contributed by atoms with Gasteiger partial charge >= 0.3 is 17.1 Å². The van der Waals surface area contributed by atoms with Gasteiger partial charge in [0.25, 0.3) is 0 Å². The van der Waals surface area contributed by atoms with E-state index in [2.05, 4.69) is 70.3 Å². The van der Waals surface area contributed by atoms with Gasteiger partial charge in [0.1, 0.15) is 18.9 Å². The molecule has 3 atom stereocenters. The Labute approximate surface area is 245 Å². The van der Waals surface area contributed by atoms with Gasteiger partial charge in [0, 0.05) is 6.42 Å². The highest BCUT2D eigenvalue weighted by Crippen LogP contribution is 2.48. The van der Waals surface area contributed by atoms with Crippen LogP contribution in [0.4, 0.5) is 5.95 Å². The average Bonchev–Trinajstić information content (AvgIpc) is 3.50. The van der Waals surface area contributed by atoms with E-state index in [1.807, 2.05) is 34.9 Å². The lowest BCUT2D eigenvalue weighted by molar-refractivity contribution is -0.0544. The van der Waals surface area contributed by atoms with Crippen molar-refractivity contribution < 1.29 is 22.4 Å². The molecule has 2 N–H and O–H groups in total. The Bertz CT molecular complexity index is 1320. The van der Waals surface area contributed by atoms with Crippen molar-refractivity contribution in [2.75, 3.05) is 12.3 Å². The first-order chi connectivity index (χ1) is 19.5.